The number of hydrogen-bond acceptors (Lipinski definition) is 7. The fourth-order valence-corrected chi connectivity index (χ4v) is 1.49. The summed E-state index contributed by atoms with van der Waals surface area (Å²) in [5, 5.41) is 2.17. The summed E-state index contributed by atoms with van der Waals surface area (Å²) in [6.07, 6.45) is 0. The van der Waals surface area contributed by atoms with Gasteiger partial charge in [-0.05, 0) is 6.92 Å². The van der Waals surface area contributed by atoms with Crippen molar-refractivity contribution in [1.82, 2.24) is 14.7 Å². The number of nitrogens with zero attached hydrogens (tertiary/aromatic N) is 2. The minimum Gasteiger partial charge on any atom is -0.481 e. The Balaban J connectivity index is 2.84. The number of ether oxygens (including phenoxy) is 2. The van der Waals surface area contributed by atoms with E-state index in [1.54, 1.807) is 4.72 Å². The Morgan fingerprint density at radius 2 is 1.79 bits per heavy atom. The molecule has 10 heteroatoms. The maximum absolute atomic E-state index is 11.4. The van der Waals surface area contributed by atoms with E-state index in [0.717, 1.165) is 0 Å². The molecule has 0 radical (unpaired) electrons. The minimum absolute atomic E-state index is 0.139. The van der Waals surface area contributed by atoms with Crippen LogP contribution in [0.3, 0.4) is 0 Å². The lowest BCUT2D eigenvalue weighted by atomic mass is 10.6. The lowest BCUT2D eigenvalue weighted by Gasteiger charge is -2.08. The van der Waals surface area contributed by atoms with Crippen molar-refractivity contribution < 1.29 is 22.7 Å². The third-order valence-corrected chi connectivity index (χ3v) is 3.21. The highest BCUT2D eigenvalue weighted by Crippen LogP contribution is 2.17. The van der Waals surface area contributed by atoms with E-state index in [1.807, 2.05) is 0 Å². The smallest absolute Gasteiger partial charge is 0.335 e. The van der Waals surface area contributed by atoms with Gasteiger partial charge in [0.2, 0.25) is 27.7 Å². The van der Waals surface area contributed by atoms with Crippen LogP contribution in [0.5, 0.6) is 11.8 Å². The third kappa shape index (κ3) is 4.58. The molecular formula is C9H14N4O5S. The number of hydrogen-bond donors (Lipinski definition) is 2. The number of methoxy groups -OCH3 is 2. The zero-order chi connectivity index (χ0) is 14.5. The molecule has 1 rings (SSSR count). The molecule has 0 aromatic carbocycles. The van der Waals surface area contributed by atoms with E-state index in [9.17, 15) is 13.2 Å². The van der Waals surface area contributed by atoms with E-state index in [4.69, 9.17) is 9.47 Å². The molecule has 0 aliphatic carbocycles. The predicted octanol–water partition coefficient (Wildman–Crippen LogP) is -0.0350. The highest BCUT2D eigenvalue weighted by molar-refractivity contribution is 7.90. The van der Waals surface area contributed by atoms with Crippen molar-refractivity contribution in [2.75, 3.05) is 25.3 Å². The van der Waals surface area contributed by atoms with Gasteiger partial charge in [0.25, 0.3) is 0 Å². The molecular weight excluding hydrogens is 276 g/mol. The van der Waals surface area contributed by atoms with Gasteiger partial charge in [-0.2, -0.15) is 9.97 Å². The SMILES string of the molecule is CCS(=O)(=O)NC(=O)Nc1nc(OC)cc(OC)n1. The monoisotopic (exact) mass is 290 g/mol. The molecule has 0 bridgehead atoms. The number of amides is 2. The van der Waals surface area contributed by atoms with Gasteiger partial charge in [-0.1, -0.05) is 0 Å². The number of sulfonamides is 1. The molecule has 0 unspecified atom stereocenters. The Bertz CT molecular complexity index is 537. The first-order valence-electron chi connectivity index (χ1n) is 5.18. The number of aromatic nitrogens is 2. The normalized spacial score (nSPS) is 10.7. The summed E-state index contributed by atoms with van der Waals surface area (Å²) in [6, 6.07) is 0.448. The second kappa shape index (κ2) is 6.18. The van der Waals surface area contributed by atoms with E-state index < -0.39 is 16.1 Å². The first-order valence-corrected chi connectivity index (χ1v) is 6.84. The molecule has 0 saturated heterocycles. The summed E-state index contributed by atoms with van der Waals surface area (Å²) in [6.45, 7) is 1.40. The van der Waals surface area contributed by atoms with Crippen molar-refractivity contribution in [3.05, 3.63) is 6.07 Å². The van der Waals surface area contributed by atoms with E-state index in [0.29, 0.717) is 0 Å². The van der Waals surface area contributed by atoms with Gasteiger partial charge in [0.15, 0.2) is 0 Å². The molecule has 106 valence electrons. The molecule has 1 aromatic rings. The lowest BCUT2D eigenvalue weighted by molar-refractivity contribution is 0.256. The van der Waals surface area contributed by atoms with Crippen LogP contribution in [0.2, 0.25) is 0 Å². The summed E-state index contributed by atoms with van der Waals surface area (Å²) in [5.74, 6) is -0.0242. The molecule has 19 heavy (non-hydrogen) atoms. The first-order chi connectivity index (χ1) is 8.90. The maximum Gasteiger partial charge on any atom is 0.335 e. The summed E-state index contributed by atoms with van der Waals surface area (Å²) in [5.41, 5.74) is 0. The summed E-state index contributed by atoms with van der Waals surface area (Å²) in [4.78, 5) is 19.1. The molecule has 0 aliphatic heterocycles. The average Bonchev–Trinajstić information content (AvgIpc) is 2.37. The van der Waals surface area contributed by atoms with Crippen LogP contribution in [0.15, 0.2) is 6.07 Å². The Morgan fingerprint density at radius 1 is 1.26 bits per heavy atom. The van der Waals surface area contributed by atoms with Crippen LogP contribution in [0.4, 0.5) is 10.7 Å². The fourth-order valence-electron chi connectivity index (χ4n) is 1.01. The highest BCUT2D eigenvalue weighted by Gasteiger charge is 2.14. The van der Waals surface area contributed by atoms with Gasteiger partial charge in [-0.3, -0.25) is 5.32 Å². The van der Waals surface area contributed by atoms with Gasteiger partial charge in [-0.15, -0.1) is 0 Å². The second-order valence-electron chi connectivity index (χ2n) is 3.24. The number of anilines is 1. The number of carbonyl (C=O) groups is 1. The van der Waals surface area contributed by atoms with Crippen LogP contribution in [-0.4, -0.2) is 44.4 Å². The molecule has 0 spiro atoms. The first kappa shape index (κ1) is 15.0. The Morgan fingerprint density at radius 3 is 2.21 bits per heavy atom. The number of urea groups is 1. The Labute approximate surface area is 110 Å². The van der Waals surface area contributed by atoms with E-state index in [-0.39, 0.29) is 23.5 Å². The van der Waals surface area contributed by atoms with Gasteiger partial charge in [0, 0.05) is 0 Å². The molecule has 1 aromatic heterocycles. The Hall–Kier alpha value is -2.10. The van der Waals surface area contributed by atoms with Gasteiger partial charge in [0.05, 0.1) is 26.0 Å². The summed E-state index contributed by atoms with van der Waals surface area (Å²) < 4.78 is 33.9. The van der Waals surface area contributed by atoms with Crippen LogP contribution < -0.4 is 19.5 Å². The van der Waals surface area contributed by atoms with Crippen molar-refractivity contribution >= 4 is 22.0 Å². The average molecular weight is 290 g/mol. The van der Waals surface area contributed by atoms with Gasteiger partial charge >= 0.3 is 6.03 Å². The van der Waals surface area contributed by atoms with Crippen molar-refractivity contribution in [1.29, 1.82) is 0 Å². The molecule has 0 saturated carbocycles. The predicted molar refractivity (Wildman–Crippen MR) is 66.8 cm³/mol. The van der Waals surface area contributed by atoms with Crippen LogP contribution >= 0.6 is 0 Å². The van der Waals surface area contributed by atoms with Crippen LogP contribution in [0.1, 0.15) is 6.92 Å². The largest absolute Gasteiger partial charge is 0.481 e. The third-order valence-electron chi connectivity index (χ3n) is 1.95. The number of carbonyl (C=O) groups excluding carboxylic acids is 1. The molecule has 0 aliphatic rings. The molecule has 1 heterocycles. The quantitative estimate of drug-likeness (QED) is 0.781. The zero-order valence-electron chi connectivity index (χ0n) is 10.6. The zero-order valence-corrected chi connectivity index (χ0v) is 11.4. The van der Waals surface area contributed by atoms with Crippen LogP contribution in [0.25, 0.3) is 0 Å². The van der Waals surface area contributed by atoms with Crippen molar-refractivity contribution in [2.24, 2.45) is 0 Å². The van der Waals surface area contributed by atoms with Crippen LogP contribution in [-0.2, 0) is 10.0 Å². The lowest BCUT2D eigenvalue weighted by Crippen LogP contribution is -2.35. The molecule has 9 nitrogen and oxygen atoms in total. The van der Waals surface area contributed by atoms with Crippen molar-refractivity contribution in [3.63, 3.8) is 0 Å². The van der Waals surface area contributed by atoms with Crippen LogP contribution in [0, 0.1) is 0 Å². The fraction of sp³-hybridized carbons (Fsp3) is 0.444. The van der Waals surface area contributed by atoms with Crippen molar-refractivity contribution in [3.8, 4) is 11.8 Å². The van der Waals surface area contributed by atoms with E-state index in [2.05, 4.69) is 15.3 Å². The van der Waals surface area contributed by atoms with E-state index >= 15 is 0 Å². The molecule has 2 N–H and O–H groups in total. The summed E-state index contributed by atoms with van der Waals surface area (Å²) in [7, 11) is -0.886. The molecule has 2 amide bonds. The minimum atomic E-state index is -3.65. The van der Waals surface area contributed by atoms with Gasteiger partial charge in [-0.25, -0.2) is 17.9 Å². The molecule has 0 atom stereocenters. The number of nitrogens with one attached hydrogen (secondary N) is 2. The Kier molecular flexibility index (Phi) is 4.87. The van der Waals surface area contributed by atoms with E-state index in [1.165, 1.54) is 27.2 Å². The maximum atomic E-state index is 11.4. The van der Waals surface area contributed by atoms with Gasteiger partial charge in [0.1, 0.15) is 0 Å². The van der Waals surface area contributed by atoms with Gasteiger partial charge < -0.3 is 9.47 Å². The summed E-state index contributed by atoms with van der Waals surface area (Å²) >= 11 is 0. The second-order valence-corrected chi connectivity index (χ2v) is 5.25. The number of rotatable bonds is 5. The standard InChI is InChI=1S/C9H14N4O5S/c1-4-19(15,16)13-9(14)12-8-10-6(17-2)5-7(11-8)18-3/h5H,4H2,1-3H3,(H2,10,11,12,13,14). The highest BCUT2D eigenvalue weighted by atomic mass is 32.2. The molecule has 0 fully saturated rings. The topological polar surface area (TPSA) is 120 Å². The van der Waals surface area contributed by atoms with Crippen molar-refractivity contribution in [2.45, 2.75) is 6.92 Å².